The fraction of sp³-hybridized carbons (Fsp3) is 0. The molecule has 0 bridgehead atoms. The summed E-state index contributed by atoms with van der Waals surface area (Å²) in [5.74, 6) is -1.00. The zero-order valence-corrected chi connectivity index (χ0v) is 12.3. The van der Waals surface area contributed by atoms with E-state index in [9.17, 15) is 4.79 Å². The monoisotopic (exact) mass is 314 g/mol. The van der Waals surface area contributed by atoms with E-state index in [1.54, 1.807) is 60.7 Å². The summed E-state index contributed by atoms with van der Waals surface area (Å²) in [6.45, 7) is 0. The molecular formula is C18H10N4O2. The van der Waals surface area contributed by atoms with Crippen LogP contribution < -0.4 is 5.32 Å². The van der Waals surface area contributed by atoms with Crippen LogP contribution in [-0.4, -0.2) is 11.1 Å². The highest BCUT2D eigenvalue weighted by molar-refractivity contribution is 5.89. The van der Waals surface area contributed by atoms with Gasteiger partial charge < -0.3 is 10.4 Å². The van der Waals surface area contributed by atoms with Crippen molar-refractivity contribution < 1.29 is 9.90 Å². The van der Waals surface area contributed by atoms with Crippen LogP contribution in [0.15, 0.2) is 59.8 Å². The number of rotatable bonds is 4. The Hall–Kier alpha value is -4.08. The van der Waals surface area contributed by atoms with Crippen molar-refractivity contribution >= 4 is 11.7 Å². The van der Waals surface area contributed by atoms with Gasteiger partial charge in [0, 0.05) is 5.69 Å². The normalized spacial score (nSPS) is 9.04. The number of benzene rings is 2. The van der Waals surface area contributed by atoms with E-state index in [2.05, 4.69) is 5.32 Å². The molecule has 24 heavy (non-hydrogen) atoms. The first-order chi connectivity index (χ1) is 11.6. The van der Waals surface area contributed by atoms with E-state index in [4.69, 9.17) is 20.9 Å². The molecule has 0 amide bonds. The van der Waals surface area contributed by atoms with Gasteiger partial charge in [-0.2, -0.15) is 15.8 Å². The van der Waals surface area contributed by atoms with Crippen molar-refractivity contribution in [1.82, 2.24) is 0 Å². The lowest BCUT2D eigenvalue weighted by molar-refractivity contribution is 0.0697. The van der Waals surface area contributed by atoms with E-state index in [1.165, 1.54) is 6.07 Å². The van der Waals surface area contributed by atoms with E-state index < -0.39 is 5.97 Å². The lowest BCUT2D eigenvalue weighted by Gasteiger charge is -2.07. The first kappa shape index (κ1) is 16.3. The van der Waals surface area contributed by atoms with Crippen LogP contribution >= 0.6 is 0 Å². The quantitative estimate of drug-likeness (QED) is 0.835. The van der Waals surface area contributed by atoms with Crippen molar-refractivity contribution in [3.05, 3.63) is 65.4 Å². The molecular weight excluding hydrogens is 304 g/mol. The number of nitriles is 3. The molecule has 2 rings (SSSR count). The van der Waals surface area contributed by atoms with Gasteiger partial charge in [0.15, 0.2) is 5.57 Å². The lowest BCUT2D eigenvalue weighted by atomic mass is 10.0. The van der Waals surface area contributed by atoms with Crippen LogP contribution in [0.1, 0.15) is 10.4 Å². The number of anilines is 1. The summed E-state index contributed by atoms with van der Waals surface area (Å²) < 4.78 is 0. The van der Waals surface area contributed by atoms with Crippen molar-refractivity contribution in [2.45, 2.75) is 0 Å². The average molecular weight is 314 g/mol. The third kappa shape index (κ3) is 3.57. The van der Waals surface area contributed by atoms with Crippen LogP contribution in [0, 0.1) is 34.0 Å². The number of carbonyl (C=O) groups is 1. The summed E-state index contributed by atoms with van der Waals surface area (Å²) in [4.78, 5) is 11.0. The van der Waals surface area contributed by atoms with Crippen molar-refractivity contribution in [2.75, 3.05) is 5.32 Å². The van der Waals surface area contributed by atoms with Crippen molar-refractivity contribution in [2.24, 2.45) is 0 Å². The third-order valence-corrected chi connectivity index (χ3v) is 3.18. The van der Waals surface area contributed by atoms with Gasteiger partial charge in [0.1, 0.15) is 23.9 Å². The Labute approximate surface area is 138 Å². The standard InChI is InChI=1S/C18H10N4O2/c19-9-15(10-20)17(11-21)22-16-6-4-12(5-7-16)13-2-1-3-14(8-13)18(23)24/h1-8,22H,(H,23,24). The zero-order valence-electron chi connectivity index (χ0n) is 12.3. The van der Waals surface area contributed by atoms with Gasteiger partial charge in [0.05, 0.1) is 5.56 Å². The van der Waals surface area contributed by atoms with Gasteiger partial charge in [-0.3, -0.25) is 0 Å². The van der Waals surface area contributed by atoms with Gasteiger partial charge >= 0.3 is 5.97 Å². The third-order valence-electron chi connectivity index (χ3n) is 3.18. The molecule has 2 N–H and O–H groups in total. The highest BCUT2D eigenvalue weighted by Crippen LogP contribution is 2.23. The Balaban J connectivity index is 2.30. The van der Waals surface area contributed by atoms with E-state index in [1.807, 2.05) is 0 Å². The molecule has 0 radical (unpaired) electrons. The van der Waals surface area contributed by atoms with Gasteiger partial charge in [-0.15, -0.1) is 0 Å². The van der Waals surface area contributed by atoms with Crippen LogP contribution in [0.4, 0.5) is 5.69 Å². The highest BCUT2D eigenvalue weighted by Gasteiger charge is 2.07. The number of hydrogen-bond donors (Lipinski definition) is 2. The van der Waals surface area contributed by atoms with Crippen LogP contribution in [0.3, 0.4) is 0 Å². The molecule has 0 spiro atoms. The second-order valence-electron chi connectivity index (χ2n) is 4.67. The van der Waals surface area contributed by atoms with Crippen LogP contribution in [-0.2, 0) is 0 Å². The predicted molar refractivity (Wildman–Crippen MR) is 86.3 cm³/mol. The largest absolute Gasteiger partial charge is 0.478 e. The van der Waals surface area contributed by atoms with Gasteiger partial charge in [-0.25, -0.2) is 4.79 Å². The molecule has 0 unspecified atom stereocenters. The minimum absolute atomic E-state index is 0.124. The lowest BCUT2D eigenvalue weighted by Crippen LogP contribution is -2.00. The Morgan fingerprint density at radius 2 is 1.58 bits per heavy atom. The second kappa shape index (κ2) is 7.26. The summed E-state index contributed by atoms with van der Waals surface area (Å²) in [5.41, 5.74) is 1.85. The SMILES string of the molecule is N#CC(C#N)=C(C#N)Nc1ccc(-c2cccc(C(=O)O)c2)cc1. The van der Waals surface area contributed by atoms with Gasteiger partial charge in [-0.1, -0.05) is 24.3 Å². The fourth-order valence-electron chi connectivity index (χ4n) is 2.01. The molecule has 6 heteroatoms. The number of nitrogens with zero attached hydrogens (tertiary/aromatic N) is 3. The summed E-state index contributed by atoms with van der Waals surface area (Å²) in [6.07, 6.45) is 0. The van der Waals surface area contributed by atoms with Gasteiger partial charge in [0.25, 0.3) is 0 Å². The molecule has 0 aliphatic rings. The number of aromatic carboxylic acids is 1. The molecule has 0 fully saturated rings. The average Bonchev–Trinajstić information content (AvgIpc) is 2.62. The molecule has 114 valence electrons. The highest BCUT2D eigenvalue weighted by atomic mass is 16.4. The summed E-state index contributed by atoms with van der Waals surface area (Å²) in [6, 6.07) is 18.5. The minimum atomic E-state index is -1.00. The molecule has 6 nitrogen and oxygen atoms in total. The van der Waals surface area contributed by atoms with Gasteiger partial charge in [-0.05, 0) is 35.4 Å². The molecule has 2 aromatic carbocycles. The predicted octanol–water partition coefficient (Wildman–Crippen LogP) is 3.29. The Bertz CT molecular complexity index is 923. The maximum atomic E-state index is 11.0. The number of carboxylic acids is 1. The molecule has 0 atom stereocenters. The molecule has 0 heterocycles. The van der Waals surface area contributed by atoms with Crippen LogP contribution in [0.5, 0.6) is 0 Å². The second-order valence-corrected chi connectivity index (χ2v) is 4.67. The van der Waals surface area contributed by atoms with Crippen LogP contribution in [0.25, 0.3) is 11.1 Å². The fourth-order valence-corrected chi connectivity index (χ4v) is 2.01. The zero-order chi connectivity index (χ0) is 17.5. The summed E-state index contributed by atoms with van der Waals surface area (Å²) >= 11 is 0. The van der Waals surface area contributed by atoms with Crippen LogP contribution in [0.2, 0.25) is 0 Å². The van der Waals surface area contributed by atoms with E-state index in [0.29, 0.717) is 5.69 Å². The first-order valence-electron chi connectivity index (χ1n) is 6.74. The molecule has 0 aromatic heterocycles. The topological polar surface area (TPSA) is 121 Å². The van der Waals surface area contributed by atoms with E-state index in [-0.39, 0.29) is 16.8 Å². The van der Waals surface area contributed by atoms with Gasteiger partial charge in [0.2, 0.25) is 0 Å². The minimum Gasteiger partial charge on any atom is -0.478 e. The first-order valence-corrected chi connectivity index (χ1v) is 6.74. The van der Waals surface area contributed by atoms with Crippen molar-refractivity contribution in [3.8, 4) is 29.3 Å². The van der Waals surface area contributed by atoms with E-state index >= 15 is 0 Å². The smallest absolute Gasteiger partial charge is 0.335 e. The number of nitrogens with one attached hydrogen (secondary N) is 1. The van der Waals surface area contributed by atoms with E-state index in [0.717, 1.165) is 11.1 Å². The van der Waals surface area contributed by atoms with Crippen molar-refractivity contribution in [3.63, 3.8) is 0 Å². The molecule has 0 aliphatic heterocycles. The Morgan fingerprint density at radius 1 is 0.917 bits per heavy atom. The molecule has 0 saturated carbocycles. The molecule has 2 aromatic rings. The maximum Gasteiger partial charge on any atom is 0.335 e. The molecule has 0 aliphatic carbocycles. The number of allylic oxidation sites excluding steroid dienone is 2. The number of hydrogen-bond acceptors (Lipinski definition) is 5. The number of carboxylic acid groups (broad SMARTS) is 1. The molecule has 0 saturated heterocycles. The summed E-state index contributed by atoms with van der Waals surface area (Å²) in [7, 11) is 0. The Kier molecular flexibility index (Phi) is 4.93. The van der Waals surface area contributed by atoms with Crippen molar-refractivity contribution in [1.29, 1.82) is 15.8 Å². The summed E-state index contributed by atoms with van der Waals surface area (Å²) in [5, 5.41) is 38.4. The maximum absolute atomic E-state index is 11.0. The Morgan fingerprint density at radius 3 is 2.12 bits per heavy atom.